The normalized spacial score (nSPS) is 10.9. The monoisotopic (exact) mass is 285 g/mol. The van der Waals surface area contributed by atoms with E-state index in [1.54, 1.807) is 0 Å². The summed E-state index contributed by atoms with van der Waals surface area (Å²) in [5, 5.41) is 17.8. The lowest BCUT2D eigenvalue weighted by Crippen LogP contribution is -2.44. The molecule has 1 rings (SSSR count). The minimum Gasteiger partial charge on any atom is -0.503 e. The number of pyridine rings is 1. The molecule has 0 saturated carbocycles. The second kappa shape index (κ2) is 7.91. The van der Waals surface area contributed by atoms with Gasteiger partial charge in [0.2, 0.25) is 5.43 Å². The largest absolute Gasteiger partial charge is 0.503 e. The van der Waals surface area contributed by atoms with Crippen molar-refractivity contribution in [2.45, 2.75) is 12.6 Å². The Bertz CT molecular complexity index is 423. The number of aromatic hydroxyl groups is 1. The molecule has 0 spiro atoms. The smallest absolute Gasteiger partial charge is 0.323 e. The molecular formula is C8H13Cl2N3O4. The van der Waals surface area contributed by atoms with Gasteiger partial charge in [-0.2, -0.15) is 0 Å². The van der Waals surface area contributed by atoms with Gasteiger partial charge in [0.25, 0.3) is 0 Å². The fourth-order valence-corrected chi connectivity index (χ4v) is 1.04. The number of nitrogens with two attached hydrogens (primary N) is 1. The van der Waals surface area contributed by atoms with Crippen molar-refractivity contribution in [3.63, 3.8) is 0 Å². The lowest BCUT2D eigenvalue weighted by Gasteiger charge is -2.13. The van der Waals surface area contributed by atoms with Gasteiger partial charge in [0.15, 0.2) is 5.75 Å². The van der Waals surface area contributed by atoms with Crippen LogP contribution in [0.4, 0.5) is 0 Å². The van der Waals surface area contributed by atoms with Gasteiger partial charge < -0.3 is 14.8 Å². The summed E-state index contributed by atoms with van der Waals surface area (Å²) >= 11 is 0. The Morgan fingerprint density at radius 3 is 2.53 bits per heavy atom. The molecule has 1 atom stereocenters. The van der Waals surface area contributed by atoms with Crippen LogP contribution in [0.25, 0.3) is 0 Å². The van der Waals surface area contributed by atoms with E-state index in [-0.39, 0.29) is 31.4 Å². The van der Waals surface area contributed by atoms with Crippen LogP contribution in [-0.4, -0.2) is 26.8 Å². The third-order valence-corrected chi connectivity index (χ3v) is 1.85. The number of aliphatic carboxylic acids is 1. The van der Waals surface area contributed by atoms with Crippen molar-refractivity contribution in [3.05, 3.63) is 28.7 Å². The zero-order chi connectivity index (χ0) is 11.4. The van der Waals surface area contributed by atoms with Crippen molar-refractivity contribution >= 4 is 30.8 Å². The Balaban J connectivity index is 0. The van der Waals surface area contributed by atoms with Gasteiger partial charge in [0.05, 0.1) is 0 Å². The van der Waals surface area contributed by atoms with E-state index in [1.807, 2.05) is 0 Å². The standard InChI is InChI=1S/C8H11N3O4.2ClH/c9-10-5(8(14)15)3-11-2-1-6(12)7(13)4-11;;/h1-2,4-5,10,13H,3,9H2,(H,14,15);2*1H/t5-;;/m0../s1. The van der Waals surface area contributed by atoms with Gasteiger partial charge in [-0.25, -0.2) is 5.43 Å². The highest BCUT2D eigenvalue weighted by Crippen LogP contribution is 2.00. The van der Waals surface area contributed by atoms with Crippen molar-refractivity contribution in [2.24, 2.45) is 5.84 Å². The molecule has 1 aromatic heterocycles. The number of carboxylic acids is 1. The molecule has 0 unspecified atom stereocenters. The maximum absolute atomic E-state index is 10.8. The number of rotatable bonds is 4. The quantitative estimate of drug-likeness (QED) is 0.430. The van der Waals surface area contributed by atoms with E-state index >= 15 is 0 Å². The van der Waals surface area contributed by atoms with Crippen LogP contribution in [0, 0.1) is 0 Å². The van der Waals surface area contributed by atoms with E-state index in [0.29, 0.717) is 0 Å². The Hall–Kier alpha value is -1.28. The third kappa shape index (κ3) is 5.05. The average Bonchev–Trinajstić information content (AvgIpc) is 2.19. The molecule has 0 radical (unpaired) electrons. The number of nitrogens with zero attached hydrogens (tertiary/aromatic N) is 1. The maximum atomic E-state index is 10.8. The van der Waals surface area contributed by atoms with Crippen molar-refractivity contribution in [2.75, 3.05) is 0 Å². The second-order valence-electron chi connectivity index (χ2n) is 2.95. The average molecular weight is 286 g/mol. The number of hydrogen-bond donors (Lipinski definition) is 4. The van der Waals surface area contributed by atoms with E-state index in [9.17, 15) is 9.59 Å². The van der Waals surface area contributed by atoms with Crippen LogP contribution < -0.4 is 16.7 Å². The number of carboxylic acid groups (broad SMARTS) is 1. The molecule has 0 fully saturated rings. The molecule has 0 aliphatic carbocycles. The first kappa shape index (κ1) is 18.1. The molecule has 5 N–H and O–H groups in total. The first-order valence-corrected chi connectivity index (χ1v) is 4.12. The van der Waals surface area contributed by atoms with Gasteiger partial charge in [0.1, 0.15) is 6.04 Å². The van der Waals surface area contributed by atoms with Crippen LogP contribution in [0.15, 0.2) is 23.3 Å². The summed E-state index contributed by atoms with van der Waals surface area (Å²) in [6.07, 6.45) is 2.52. The Morgan fingerprint density at radius 1 is 1.53 bits per heavy atom. The molecule has 0 aromatic carbocycles. The zero-order valence-corrected chi connectivity index (χ0v) is 10.2. The molecule has 1 aromatic rings. The summed E-state index contributed by atoms with van der Waals surface area (Å²) in [6.45, 7) is 0.0136. The molecule has 0 amide bonds. The molecule has 1 heterocycles. The minimum absolute atomic E-state index is 0. The zero-order valence-electron chi connectivity index (χ0n) is 8.57. The lowest BCUT2D eigenvalue weighted by atomic mass is 10.3. The van der Waals surface area contributed by atoms with Crippen LogP contribution in [0.5, 0.6) is 5.75 Å². The fourth-order valence-electron chi connectivity index (χ4n) is 1.04. The van der Waals surface area contributed by atoms with Crippen LogP contribution >= 0.6 is 24.8 Å². The summed E-state index contributed by atoms with van der Waals surface area (Å²) in [4.78, 5) is 21.4. The van der Waals surface area contributed by atoms with Crippen LogP contribution in [0.1, 0.15) is 0 Å². The molecule has 0 aliphatic rings. The molecule has 0 saturated heterocycles. The van der Waals surface area contributed by atoms with Crippen LogP contribution in [0.2, 0.25) is 0 Å². The van der Waals surface area contributed by atoms with E-state index in [0.717, 1.165) is 12.3 Å². The number of halogens is 2. The van der Waals surface area contributed by atoms with E-state index in [1.165, 1.54) is 10.8 Å². The van der Waals surface area contributed by atoms with Crippen molar-refractivity contribution in [1.82, 2.24) is 9.99 Å². The topological polar surface area (TPSA) is 118 Å². The molecule has 17 heavy (non-hydrogen) atoms. The van der Waals surface area contributed by atoms with Gasteiger partial charge in [-0.3, -0.25) is 15.4 Å². The van der Waals surface area contributed by atoms with Gasteiger partial charge in [0, 0.05) is 25.0 Å². The van der Waals surface area contributed by atoms with Crippen molar-refractivity contribution < 1.29 is 15.0 Å². The highest BCUT2D eigenvalue weighted by Gasteiger charge is 2.15. The molecule has 0 bridgehead atoms. The van der Waals surface area contributed by atoms with Gasteiger partial charge >= 0.3 is 5.97 Å². The second-order valence-corrected chi connectivity index (χ2v) is 2.95. The van der Waals surface area contributed by atoms with Crippen molar-refractivity contribution in [1.29, 1.82) is 0 Å². The molecule has 9 heteroatoms. The Labute approximate surface area is 109 Å². The highest BCUT2D eigenvalue weighted by molar-refractivity contribution is 5.85. The number of hydrogen-bond acceptors (Lipinski definition) is 5. The fraction of sp³-hybridized carbons (Fsp3) is 0.250. The lowest BCUT2D eigenvalue weighted by molar-refractivity contribution is -0.139. The SMILES string of the molecule is Cl.Cl.NN[C@@H](Cn1ccc(=O)c(O)c1)C(=O)O. The predicted octanol–water partition coefficient (Wildman–Crippen LogP) is -0.686. The summed E-state index contributed by atoms with van der Waals surface area (Å²) < 4.78 is 1.36. The van der Waals surface area contributed by atoms with E-state index in [4.69, 9.17) is 16.1 Å². The van der Waals surface area contributed by atoms with Gasteiger partial charge in [-0.15, -0.1) is 24.8 Å². The number of nitrogens with one attached hydrogen (secondary N) is 1. The Morgan fingerprint density at radius 2 is 2.12 bits per heavy atom. The van der Waals surface area contributed by atoms with Crippen LogP contribution in [0.3, 0.4) is 0 Å². The van der Waals surface area contributed by atoms with Gasteiger partial charge in [-0.1, -0.05) is 0 Å². The van der Waals surface area contributed by atoms with Crippen LogP contribution in [-0.2, 0) is 11.3 Å². The minimum atomic E-state index is -1.12. The summed E-state index contributed by atoms with van der Waals surface area (Å²) in [7, 11) is 0. The summed E-state index contributed by atoms with van der Waals surface area (Å²) in [5.41, 5.74) is 1.59. The molecule has 0 aliphatic heterocycles. The summed E-state index contributed by atoms with van der Waals surface area (Å²) in [6, 6.07) is 0.164. The first-order chi connectivity index (χ1) is 7.04. The molecular weight excluding hydrogens is 273 g/mol. The third-order valence-electron chi connectivity index (χ3n) is 1.85. The van der Waals surface area contributed by atoms with E-state index < -0.39 is 23.2 Å². The molecule has 7 nitrogen and oxygen atoms in total. The number of carbonyl (C=O) groups is 1. The Kier molecular flexibility index (Phi) is 8.42. The predicted molar refractivity (Wildman–Crippen MR) is 65.6 cm³/mol. The van der Waals surface area contributed by atoms with Gasteiger partial charge in [-0.05, 0) is 0 Å². The first-order valence-electron chi connectivity index (χ1n) is 4.12. The van der Waals surface area contributed by atoms with E-state index in [2.05, 4.69) is 5.43 Å². The maximum Gasteiger partial charge on any atom is 0.323 e. The highest BCUT2D eigenvalue weighted by atomic mass is 35.5. The summed E-state index contributed by atoms with van der Waals surface area (Å²) in [5.74, 6) is 3.47. The number of aromatic nitrogens is 1. The molecule has 98 valence electrons. The number of hydrazine groups is 1. The van der Waals surface area contributed by atoms with Crippen molar-refractivity contribution in [3.8, 4) is 5.75 Å².